The molecule has 0 unspecified atom stereocenters. The monoisotopic (exact) mass is 332 g/mol. The third-order valence-corrected chi connectivity index (χ3v) is 5.85. The van der Waals surface area contributed by atoms with Crippen LogP contribution >= 0.6 is 11.6 Å². The molecule has 0 spiro atoms. The molecule has 0 aromatic heterocycles. The number of methoxy groups -OCH3 is 1. The Kier molecular flexibility index (Phi) is 4.88. The van der Waals surface area contributed by atoms with Gasteiger partial charge < -0.3 is 10.5 Å². The molecule has 0 atom stereocenters. The first-order chi connectivity index (χ1) is 9.86. The van der Waals surface area contributed by atoms with Crippen molar-refractivity contribution in [3.63, 3.8) is 0 Å². The molecule has 21 heavy (non-hydrogen) atoms. The van der Waals surface area contributed by atoms with E-state index in [-0.39, 0.29) is 21.5 Å². The van der Waals surface area contributed by atoms with Crippen LogP contribution in [0.3, 0.4) is 0 Å². The predicted molar refractivity (Wildman–Crippen MR) is 78.8 cm³/mol. The molecule has 1 aromatic carbocycles. The molecule has 8 heteroatoms. The molecular formula is C13H17ClN2O4S. The number of hydrogen-bond acceptors (Lipinski definition) is 5. The molecule has 1 saturated heterocycles. The average molecular weight is 333 g/mol. The summed E-state index contributed by atoms with van der Waals surface area (Å²) in [5.41, 5.74) is 5.93. The van der Waals surface area contributed by atoms with E-state index in [1.165, 1.54) is 29.6 Å². The summed E-state index contributed by atoms with van der Waals surface area (Å²) in [6.07, 6.45) is 1.21. The van der Waals surface area contributed by atoms with Gasteiger partial charge in [-0.15, -0.1) is 0 Å². The number of benzene rings is 1. The average Bonchev–Trinajstić information content (AvgIpc) is 2.47. The second-order valence-electron chi connectivity index (χ2n) is 4.88. The molecule has 6 nitrogen and oxygen atoms in total. The fraction of sp³-hybridized carbons (Fsp3) is 0.462. The van der Waals surface area contributed by atoms with Crippen LogP contribution in [0.5, 0.6) is 0 Å². The standard InChI is InChI=1S/C13H17ClN2O4S/c1-20-13(17)9-2-3-11(14)12(8-9)21(18,19)16-6-4-10(15)5-7-16/h2-3,8,10H,4-7,15H2,1H3. The van der Waals surface area contributed by atoms with Crippen LogP contribution in [0, 0.1) is 0 Å². The van der Waals surface area contributed by atoms with E-state index in [2.05, 4.69) is 4.74 Å². The van der Waals surface area contributed by atoms with Gasteiger partial charge in [0.15, 0.2) is 0 Å². The lowest BCUT2D eigenvalue weighted by molar-refractivity contribution is 0.0600. The van der Waals surface area contributed by atoms with Gasteiger partial charge >= 0.3 is 5.97 Å². The minimum absolute atomic E-state index is 0.0216. The number of ether oxygens (including phenoxy) is 1. The minimum Gasteiger partial charge on any atom is -0.465 e. The van der Waals surface area contributed by atoms with Gasteiger partial charge in [0.05, 0.1) is 17.7 Å². The fourth-order valence-corrected chi connectivity index (χ4v) is 4.17. The Morgan fingerprint density at radius 3 is 2.57 bits per heavy atom. The number of carbonyl (C=O) groups is 1. The maximum Gasteiger partial charge on any atom is 0.337 e. The van der Waals surface area contributed by atoms with Gasteiger partial charge in [0.25, 0.3) is 0 Å². The minimum atomic E-state index is -3.74. The van der Waals surface area contributed by atoms with Crippen LogP contribution < -0.4 is 5.73 Å². The first-order valence-electron chi connectivity index (χ1n) is 6.50. The smallest absolute Gasteiger partial charge is 0.337 e. The van der Waals surface area contributed by atoms with Crippen molar-refractivity contribution in [1.82, 2.24) is 4.31 Å². The van der Waals surface area contributed by atoms with E-state index < -0.39 is 16.0 Å². The Morgan fingerprint density at radius 1 is 1.38 bits per heavy atom. The van der Waals surface area contributed by atoms with E-state index in [1.807, 2.05) is 0 Å². The molecule has 1 aromatic rings. The Bertz CT molecular complexity index is 640. The van der Waals surface area contributed by atoms with E-state index in [1.54, 1.807) is 0 Å². The maximum atomic E-state index is 12.6. The van der Waals surface area contributed by atoms with Crippen LogP contribution in [0.2, 0.25) is 5.02 Å². The van der Waals surface area contributed by atoms with Gasteiger partial charge in [-0.05, 0) is 31.0 Å². The second kappa shape index (κ2) is 6.31. The van der Waals surface area contributed by atoms with Crippen molar-refractivity contribution in [2.45, 2.75) is 23.8 Å². The number of nitrogens with zero attached hydrogens (tertiary/aromatic N) is 1. The van der Waals surface area contributed by atoms with Crippen molar-refractivity contribution in [3.05, 3.63) is 28.8 Å². The summed E-state index contributed by atoms with van der Waals surface area (Å²) in [5.74, 6) is -0.608. The SMILES string of the molecule is COC(=O)c1ccc(Cl)c(S(=O)(=O)N2CCC(N)CC2)c1. The zero-order chi connectivity index (χ0) is 15.6. The van der Waals surface area contributed by atoms with Gasteiger partial charge in [-0.3, -0.25) is 0 Å². The third-order valence-electron chi connectivity index (χ3n) is 3.47. The number of rotatable bonds is 3. The molecule has 0 bridgehead atoms. The van der Waals surface area contributed by atoms with E-state index >= 15 is 0 Å². The van der Waals surface area contributed by atoms with Gasteiger partial charge in [0, 0.05) is 19.1 Å². The summed E-state index contributed by atoms with van der Waals surface area (Å²) >= 11 is 5.99. The molecule has 116 valence electrons. The quantitative estimate of drug-likeness (QED) is 0.841. The molecule has 1 aliphatic rings. The molecule has 0 radical (unpaired) electrons. The summed E-state index contributed by atoms with van der Waals surface area (Å²) in [7, 11) is -2.51. The topological polar surface area (TPSA) is 89.7 Å². The Hall–Kier alpha value is -1.15. The first-order valence-corrected chi connectivity index (χ1v) is 8.31. The normalized spacial score (nSPS) is 17.7. The second-order valence-corrected chi connectivity index (χ2v) is 7.19. The van der Waals surface area contributed by atoms with Crippen molar-refractivity contribution >= 4 is 27.6 Å². The van der Waals surface area contributed by atoms with Gasteiger partial charge in [-0.2, -0.15) is 4.31 Å². The van der Waals surface area contributed by atoms with Crippen LogP contribution in [-0.4, -0.2) is 44.9 Å². The lowest BCUT2D eigenvalue weighted by Crippen LogP contribution is -2.42. The molecule has 0 saturated carbocycles. The highest BCUT2D eigenvalue weighted by Crippen LogP contribution is 2.27. The first kappa shape index (κ1) is 16.2. The van der Waals surface area contributed by atoms with Gasteiger partial charge in [-0.25, -0.2) is 13.2 Å². The molecule has 2 rings (SSSR count). The molecule has 0 amide bonds. The van der Waals surface area contributed by atoms with E-state index in [0.717, 1.165) is 0 Å². The lowest BCUT2D eigenvalue weighted by atomic mass is 10.1. The van der Waals surface area contributed by atoms with Gasteiger partial charge in [0.1, 0.15) is 4.90 Å². The van der Waals surface area contributed by atoms with Crippen molar-refractivity contribution in [2.24, 2.45) is 5.73 Å². The summed E-state index contributed by atoms with van der Waals surface area (Å²) in [6, 6.07) is 4.08. The highest BCUT2D eigenvalue weighted by Gasteiger charge is 2.30. The summed E-state index contributed by atoms with van der Waals surface area (Å²) < 4.78 is 31.2. The third kappa shape index (κ3) is 3.37. The van der Waals surface area contributed by atoms with Crippen LogP contribution in [0.25, 0.3) is 0 Å². The number of piperidine rings is 1. The maximum absolute atomic E-state index is 12.6. The van der Waals surface area contributed by atoms with Crippen molar-refractivity contribution in [3.8, 4) is 0 Å². The highest BCUT2D eigenvalue weighted by atomic mass is 35.5. The van der Waals surface area contributed by atoms with Crippen LogP contribution in [0.4, 0.5) is 0 Å². The summed E-state index contributed by atoms with van der Waals surface area (Å²) in [6.45, 7) is 0.699. The molecular weight excluding hydrogens is 316 g/mol. The number of hydrogen-bond donors (Lipinski definition) is 1. The predicted octanol–water partition coefficient (Wildman–Crippen LogP) is 1.24. The van der Waals surface area contributed by atoms with Gasteiger partial charge in [-0.1, -0.05) is 11.6 Å². The van der Waals surface area contributed by atoms with E-state index in [4.69, 9.17) is 17.3 Å². The van der Waals surface area contributed by atoms with E-state index in [9.17, 15) is 13.2 Å². The molecule has 0 aliphatic carbocycles. The summed E-state index contributed by atoms with van der Waals surface area (Å²) in [4.78, 5) is 11.5. The van der Waals surface area contributed by atoms with Gasteiger partial charge in [0.2, 0.25) is 10.0 Å². The Balaban J connectivity index is 2.37. The molecule has 1 fully saturated rings. The molecule has 2 N–H and O–H groups in total. The van der Waals surface area contributed by atoms with Crippen LogP contribution in [0.1, 0.15) is 23.2 Å². The number of halogens is 1. The van der Waals surface area contributed by atoms with E-state index in [0.29, 0.717) is 25.9 Å². The highest BCUT2D eigenvalue weighted by molar-refractivity contribution is 7.89. The van der Waals surface area contributed by atoms with Crippen molar-refractivity contribution in [1.29, 1.82) is 0 Å². The number of sulfonamides is 1. The lowest BCUT2D eigenvalue weighted by Gasteiger charge is -2.29. The largest absolute Gasteiger partial charge is 0.465 e. The fourth-order valence-electron chi connectivity index (χ4n) is 2.20. The van der Waals surface area contributed by atoms with Crippen LogP contribution in [0.15, 0.2) is 23.1 Å². The van der Waals surface area contributed by atoms with Crippen LogP contribution in [-0.2, 0) is 14.8 Å². The van der Waals surface area contributed by atoms with Crippen molar-refractivity contribution in [2.75, 3.05) is 20.2 Å². The Labute approximate surface area is 128 Å². The zero-order valence-corrected chi connectivity index (χ0v) is 13.2. The number of nitrogens with two attached hydrogens (primary N) is 1. The molecule has 1 aliphatic heterocycles. The number of esters is 1. The zero-order valence-electron chi connectivity index (χ0n) is 11.6. The summed E-state index contributed by atoms with van der Waals surface area (Å²) in [5, 5.41) is 0.0810. The number of carbonyl (C=O) groups excluding carboxylic acids is 1. The molecule has 1 heterocycles. The Morgan fingerprint density at radius 2 is 2.00 bits per heavy atom. The van der Waals surface area contributed by atoms with Crippen molar-refractivity contribution < 1.29 is 17.9 Å².